The van der Waals surface area contributed by atoms with E-state index in [1.165, 1.54) is 6.33 Å². The van der Waals surface area contributed by atoms with E-state index >= 15 is 0 Å². The molecular weight excluding hydrogens is 373 g/mol. The summed E-state index contributed by atoms with van der Waals surface area (Å²) >= 11 is 0. The molecule has 1 aliphatic heterocycles. The van der Waals surface area contributed by atoms with Crippen LogP contribution in [0.5, 0.6) is 0 Å². The molecule has 146 valence electrons. The Kier molecular flexibility index (Phi) is 5.14. The third-order valence-electron chi connectivity index (χ3n) is 4.94. The molecule has 0 spiro atoms. The third-order valence-corrected chi connectivity index (χ3v) is 5.24. The quantitative estimate of drug-likeness (QED) is 0.667. The summed E-state index contributed by atoms with van der Waals surface area (Å²) in [6.45, 7) is 1.45. The van der Waals surface area contributed by atoms with Gasteiger partial charge in [0.15, 0.2) is 26.1 Å². The van der Waals surface area contributed by atoms with E-state index in [9.17, 15) is 9.36 Å². The molecule has 0 radical (unpaired) electrons. The van der Waals surface area contributed by atoms with Crippen LogP contribution in [-0.4, -0.2) is 45.6 Å². The molecule has 3 heterocycles. The van der Waals surface area contributed by atoms with E-state index in [1.54, 1.807) is 4.57 Å². The van der Waals surface area contributed by atoms with E-state index in [0.29, 0.717) is 25.5 Å². The van der Waals surface area contributed by atoms with Crippen LogP contribution in [0.1, 0.15) is 25.7 Å². The van der Waals surface area contributed by atoms with Crippen molar-refractivity contribution in [2.45, 2.75) is 32.0 Å². The van der Waals surface area contributed by atoms with E-state index in [4.69, 9.17) is 19.7 Å². The Labute approximate surface area is 156 Å². The van der Waals surface area contributed by atoms with Crippen molar-refractivity contribution in [2.75, 3.05) is 25.6 Å². The van der Waals surface area contributed by atoms with Crippen molar-refractivity contribution in [3.05, 3.63) is 22.3 Å². The van der Waals surface area contributed by atoms with Gasteiger partial charge < -0.3 is 19.7 Å². The summed E-state index contributed by atoms with van der Waals surface area (Å²) in [7, 11) is -1.29. The molecule has 2 fully saturated rings. The van der Waals surface area contributed by atoms with Crippen molar-refractivity contribution in [1.29, 1.82) is 0 Å². The molecule has 2 aromatic heterocycles. The lowest BCUT2D eigenvalue weighted by Gasteiger charge is -2.25. The lowest BCUT2D eigenvalue weighted by atomic mass is 10.1. The topological polar surface area (TPSA) is 134 Å². The number of ether oxygens (including phenoxy) is 2. The van der Waals surface area contributed by atoms with Crippen LogP contribution < -0.4 is 11.3 Å². The molecule has 2 aliphatic rings. The van der Waals surface area contributed by atoms with Crippen LogP contribution in [0.4, 0.5) is 5.95 Å². The van der Waals surface area contributed by atoms with Crippen LogP contribution in [-0.2, 0) is 18.6 Å². The number of fused-ring (bicyclic) bond motifs is 1. The highest BCUT2D eigenvalue weighted by molar-refractivity contribution is 7.17. The number of nitrogen functional groups attached to an aromatic ring is 1. The first-order chi connectivity index (χ1) is 13.1. The highest BCUT2D eigenvalue weighted by atomic mass is 31.1. The average molecular weight is 395 g/mol. The summed E-state index contributed by atoms with van der Waals surface area (Å²) in [6, 6.07) is 0. The van der Waals surface area contributed by atoms with Gasteiger partial charge in [-0.15, -0.1) is 0 Å². The summed E-state index contributed by atoms with van der Waals surface area (Å²) in [5.74, 6) is 0.0331. The fraction of sp³-hybridized carbons (Fsp3) is 0.562. The molecule has 11 heteroatoms. The second-order valence-corrected chi connectivity index (χ2v) is 7.43. The number of anilines is 1. The second-order valence-electron chi connectivity index (χ2n) is 6.90. The smallest absolute Gasteiger partial charge is 0.280 e. The van der Waals surface area contributed by atoms with Gasteiger partial charge in [0.25, 0.3) is 5.56 Å². The number of nitrogens with two attached hydrogens (primary N) is 1. The Bertz CT molecular complexity index is 935. The van der Waals surface area contributed by atoms with E-state index in [2.05, 4.69) is 15.0 Å². The number of H-pyrrole nitrogens is 1. The maximum Gasteiger partial charge on any atom is 0.280 e. The average Bonchev–Trinajstić information content (AvgIpc) is 3.19. The van der Waals surface area contributed by atoms with Crippen LogP contribution in [0.15, 0.2) is 16.7 Å². The van der Waals surface area contributed by atoms with E-state index < -0.39 is 8.69 Å². The van der Waals surface area contributed by atoms with Gasteiger partial charge in [-0.1, -0.05) is 0 Å². The van der Waals surface area contributed by atoms with Crippen LogP contribution in [0.25, 0.3) is 17.4 Å². The number of nitrogens with zero attached hydrogens (tertiary/aromatic N) is 3. The number of hydrogen-bond donors (Lipinski definition) is 2. The lowest BCUT2D eigenvalue weighted by molar-refractivity contribution is -0.171. The molecule has 0 aromatic carbocycles. The fourth-order valence-electron chi connectivity index (χ4n) is 3.33. The van der Waals surface area contributed by atoms with Crippen molar-refractivity contribution in [3.63, 3.8) is 0 Å². The molecule has 1 aliphatic carbocycles. The van der Waals surface area contributed by atoms with Gasteiger partial charge in [-0.3, -0.25) is 18.9 Å². The first kappa shape index (κ1) is 18.4. The molecule has 3 atom stereocenters. The number of imidazole rings is 1. The SMILES string of the molecule is Nc1nc2c(ncn2/C=C2/CC2(CO[PH2]=O)COC2CCCCO2)c(=O)[nH]1. The minimum absolute atomic E-state index is 0.0331. The first-order valence-corrected chi connectivity index (χ1v) is 9.77. The number of hydrogen-bond acceptors (Lipinski definition) is 8. The number of nitrogens with one attached hydrogen (secondary N) is 1. The molecule has 3 unspecified atom stereocenters. The fourth-order valence-corrected chi connectivity index (χ4v) is 3.71. The predicted octanol–water partition coefficient (Wildman–Crippen LogP) is 1.16. The number of aromatic nitrogens is 4. The van der Waals surface area contributed by atoms with Gasteiger partial charge in [-0.25, -0.2) is 4.98 Å². The van der Waals surface area contributed by atoms with Crippen molar-refractivity contribution in [3.8, 4) is 0 Å². The maximum absolute atomic E-state index is 11.9. The molecule has 10 nitrogen and oxygen atoms in total. The van der Waals surface area contributed by atoms with Crippen LogP contribution in [0.3, 0.4) is 0 Å². The number of rotatable bonds is 7. The van der Waals surface area contributed by atoms with E-state index in [0.717, 1.165) is 31.3 Å². The van der Waals surface area contributed by atoms with Gasteiger partial charge in [-0.05, 0) is 31.3 Å². The van der Waals surface area contributed by atoms with Gasteiger partial charge >= 0.3 is 0 Å². The molecule has 2 aromatic rings. The van der Waals surface area contributed by atoms with Gasteiger partial charge in [0.2, 0.25) is 5.95 Å². The van der Waals surface area contributed by atoms with Crippen molar-refractivity contribution < 1.29 is 18.6 Å². The zero-order valence-corrected chi connectivity index (χ0v) is 15.9. The summed E-state index contributed by atoms with van der Waals surface area (Å²) in [5, 5.41) is 0. The van der Waals surface area contributed by atoms with Gasteiger partial charge in [0.05, 0.1) is 13.2 Å². The molecule has 27 heavy (non-hydrogen) atoms. The summed E-state index contributed by atoms with van der Waals surface area (Å²) in [6.07, 6.45) is 6.93. The zero-order valence-electron chi connectivity index (χ0n) is 14.7. The monoisotopic (exact) mass is 395 g/mol. The van der Waals surface area contributed by atoms with Crippen LogP contribution in [0.2, 0.25) is 0 Å². The third kappa shape index (κ3) is 3.84. The Morgan fingerprint density at radius 1 is 1.48 bits per heavy atom. The lowest BCUT2D eigenvalue weighted by Crippen LogP contribution is -2.27. The minimum atomic E-state index is -1.29. The summed E-state index contributed by atoms with van der Waals surface area (Å²) < 4.78 is 29.3. The molecule has 1 saturated heterocycles. The van der Waals surface area contributed by atoms with Gasteiger partial charge in [0.1, 0.15) is 6.33 Å². The predicted molar refractivity (Wildman–Crippen MR) is 99.8 cm³/mol. The van der Waals surface area contributed by atoms with Gasteiger partial charge in [0, 0.05) is 18.2 Å². The zero-order chi connectivity index (χ0) is 18.9. The molecule has 4 rings (SSSR count). The molecule has 1 saturated carbocycles. The van der Waals surface area contributed by atoms with E-state index in [-0.39, 0.29) is 28.7 Å². The summed E-state index contributed by atoms with van der Waals surface area (Å²) in [5.41, 5.74) is 6.56. The molecule has 0 amide bonds. The largest absolute Gasteiger partial charge is 0.369 e. The Morgan fingerprint density at radius 3 is 3.15 bits per heavy atom. The molecular formula is C16H22N5O5P. The van der Waals surface area contributed by atoms with Gasteiger partial charge in [-0.2, -0.15) is 4.98 Å². The van der Waals surface area contributed by atoms with Crippen molar-refractivity contribution >= 4 is 32.0 Å². The molecule has 3 N–H and O–H groups in total. The van der Waals surface area contributed by atoms with Crippen molar-refractivity contribution in [1.82, 2.24) is 19.5 Å². The number of aromatic amines is 1. The Hall–Kier alpha value is -2.00. The minimum Gasteiger partial charge on any atom is -0.369 e. The Balaban J connectivity index is 1.55. The Morgan fingerprint density at radius 2 is 2.37 bits per heavy atom. The standard InChI is InChI=1S/C16H22N5O5P/c17-15-19-13-12(14(22)20-15)18-9-21(13)6-10-5-16(10,8-26-27-23)7-25-11-3-1-2-4-24-11/h6,9,11H,1-5,7-8,27H2,(H3,17,19,20,22)/b10-6-. The normalized spacial score (nSPS) is 27.1. The highest BCUT2D eigenvalue weighted by Gasteiger charge is 2.50. The summed E-state index contributed by atoms with van der Waals surface area (Å²) in [4.78, 5) is 22.6. The first-order valence-electron chi connectivity index (χ1n) is 8.83. The maximum atomic E-state index is 11.9. The second kappa shape index (κ2) is 7.55. The van der Waals surface area contributed by atoms with E-state index in [1.807, 2.05) is 6.20 Å². The van der Waals surface area contributed by atoms with Crippen LogP contribution >= 0.6 is 8.69 Å². The van der Waals surface area contributed by atoms with Crippen molar-refractivity contribution in [2.24, 2.45) is 5.41 Å². The van der Waals surface area contributed by atoms with Crippen LogP contribution in [0, 0.1) is 5.41 Å². The highest BCUT2D eigenvalue weighted by Crippen LogP contribution is 2.53. The molecule has 0 bridgehead atoms.